The first kappa shape index (κ1) is 23.2. The number of aryl methyl sites for hydroxylation is 2. The van der Waals surface area contributed by atoms with Gasteiger partial charge in [0.15, 0.2) is 5.96 Å². The van der Waals surface area contributed by atoms with Gasteiger partial charge in [-0.05, 0) is 50.2 Å². The minimum atomic E-state index is 0. The van der Waals surface area contributed by atoms with E-state index in [4.69, 9.17) is 9.47 Å². The standard InChI is InChI=1S/C20H33N3O2.HI/c1-16-5-6-19(17(2)13-16)14-23-20(21-3)22-9-4-10-25-15-18-7-11-24-12-8-18;/h5-6,13,18H,4,7-12,14-15H2,1-3H3,(H2,21,22,23);1H. The molecule has 1 aliphatic heterocycles. The Morgan fingerprint density at radius 3 is 2.69 bits per heavy atom. The van der Waals surface area contributed by atoms with Gasteiger partial charge in [-0.3, -0.25) is 4.99 Å². The lowest BCUT2D eigenvalue weighted by Gasteiger charge is -2.21. The molecule has 1 aliphatic rings. The summed E-state index contributed by atoms with van der Waals surface area (Å²) < 4.78 is 11.2. The van der Waals surface area contributed by atoms with E-state index in [0.717, 1.165) is 64.7 Å². The Morgan fingerprint density at radius 2 is 2.00 bits per heavy atom. The zero-order chi connectivity index (χ0) is 17.9. The largest absolute Gasteiger partial charge is 0.381 e. The van der Waals surface area contributed by atoms with Gasteiger partial charge in [0, 0.05) is 46.6 Å². The Kier molecular flexibility index (Phi) is 11.9. The highest BCUT2D eigenvalue weighted by molar-refractivity contribution is 14.0. The highest BCUT2D eigenvalue weighted by atomic mass is 127. The fourth-order valence-electron chi connectivity index (χ4n) is 2.99. The summed E-state index contributed by atoms with van der Waals surface area (Å²) in [6, 6.07) is 6.54. The maximum Gasteiger partial charge on any atom is 0.191 e. The Morgan fingerprint density at radius 1 is 1.23 bits per heavy atom. The molecule has 0 saturated carbocycles. The number of benzene rings is 1. The molecule has 1 fully saturated rings. The molecule has 1 heterocycles. The maximum absolute atomic E-state index is 5.79. The molecule has 1 aromatic carbocycles. The lowest BCUT2D eigenvalue weighted by atomic mass is 10.0. The summed E-state index contributed by atoms with van der Waals surface area (Å²) in [5.41, 5.74) is 3.90. The van der Waals surface area contributed by atoms with Crippen molar-refractivity contribution < 1.29 is 9.47 Å². The summed E-state index contributed by atoms with van der Waals surface area (Å²) in [6.07, 6.45) is 3.24. The molecule has 0 amide bonds. The number of nitrogens with zero attached hydrogens (tertiary/aromatic N) is 1. The zero-order valence-electron chi connectivity index (χ0n) is 16.3. The normalized spacial score (nSPS) is 15.4. The van der Waals surface area contributed by atoms with Gasteiger partial charge in [0.1, 0.15) is 0 Å². The summed E-state index contributed by atoms with van der Waals surface area (Å²) in [7, 11) is 1.80. The number of nitrogens with one attached hydrogen (secondary N) is 2. The van der Waals surface area contributed by atoms with Crippen molar-refractivity contribution in [3.8, 4) is 0 Å². The molecule has 148 valence electrons. The van der Waals surface area contributed by atoms with Crippen molar-refractivity contribution in [3.05, 3.63) is 34.9 Å². The summed E-state index contributed by atoms with van der Waals surface area (Å²) in [4.78, 5) is 4.28. The Hall–Kier alpha value is -0.860. The van der Waals surface area contributed by atoms with Crippen LogP contribution in [0.4, 0.5) is 0 Å². The Labute approximate surface area is 175 Å². The molecule has 0 atom stereocenters. The first-order valence-electron chi connectivity index (χ1n) is 9.35. The van der Waals surface area contributed by atoms with Gasteiger partial charge in [0.25, 0.3) is 0 Å². The molecule has 0 unspecified atom stereocenters. The molecular weight excluding hydrogens is 441 g/mol. The van der Waals surface area contributed by atoms with E-state index in [1.54, 1.807) is 7.05 Å². The highest BCUT2D eigenvalue weighted by Crippen LogP contribution is 2.14. The molecule has 0 bridgehead atoms. The summed E-state index contributed by atoms with van der Waals surface area (Å²) in [6.45, 7) is 9.34. The van der Waals surface area contributed by atoms with Gasteiger partial charge in [-0.2, -0.15) is 0 Å². The zero-order valence-corrected chi connectivity index (χ0v) is 18.7. The van der Waals surface area contributed by atoms with Crippen LogP contribution in [0.3, 0.4) is 0 Å². The predicted octanol–water partition coefficient (Wildman–Crippen LogP) is 3.42. The number of hydrogen-bond donors (Lipinski definition) is 2. The molecule has 2 rings (SSSR count). The number of aliphatic imine (C=N–C) groups is 1. The smallest absolute Gasteiger partial charge is 0.191 e. The van der Waals surface area contributed by atoms with Crippen LogP contribution >= 0.6 is 24.0 Å². The van der Waals surface area contributed by atoms with Crippen molar-refractivity contribution in [2.24, 2.45) is 10.9 Å². The average molecular weight is 475 g/mol. The molecule has 26 heavy (non-hydrogen) atoms. The molecule has 0 radical (unpaired) electrons. The number of rotatable bonds is 8. The van der Waals surface area contributed by atoms with Crippen molar-refractivity contribution in [2.75, 3.05) is 40.0 Å². The molecule has 0 aliphatic carbocycles. The van der Waals surface area contributed by atoms with Crippen molar-refractivity contribution in [2.45, 2.75) is 39.7 Å². The monoisotopic (exact) mass is 475 g/mol. The fourth-order valence-corrected chi connectivity index (χ4v) is 2.99. The molecule has 6 heteroatoms. The van der Waals surface area contributed by atoms with Gasteiger partial charge < -0.3 is 20.1 Å². The van der Waals surface area contributed by atoms with Gasteiger partial charge in [-0.15, -0.1) is 24.0 Å². The molecule has 0 aromatic heterocycles. The summed E-state index contributed by atoms with van der Waals surface area (Å²) >= 11 is 0. The van der Waals surface area contributed by atoms with Crippen molar-refractivity contribution in [1.82, 2.24) is 10.6 Å². The van der Waals surface area contributed by atoms with E-state index in [1.165, 1.54) is 16.7 Å². The van der Waals surface area contributed by atoms with Crippen LogP contribution in [0, 0.1) is 19.8 Å². The third-order valence-corrected chi connectivity index (χ3v) is 4.62. The van der Waals surface area contributed by atoms with Gasteiger partial charge in [-0.1, -0.05) is 23.8 Å². The van der Waals surface area contributed by atoms with Gasteiger partial charge in [0.05, 0.1) is 0 Å². The molecule has 1 saturated heterocycles. The van der Waals surface area contributed by atoms with Crippen LogP contribution in [0.15, 0.2) is 23.2 Å². The molecule has 1 aromatic rings. The van der Waals surface area contributed by atoms with E-state index in [1.807, 2.05) is 0 Å². The van der Waals surface area contributed by atoms with Crippen LogP contribution in [0.25, 0.3) is 0 Å². The number of ether oxygens (including phenoxy) is 2. The maximum atomic E-state index is 5.79. The van der Waals surface area contributed by atoms with Crippen LogP contribution in [-0.2, 0) is 16.0 Å². The Bertz CT molecular complexity index is 546. The second kappa shape index (κ2) is 13.3. The first-order chi connectivity index (χ1) is 12.2. The minimum absolute atomic E-state index is 0. The van der Waals surface area contributed by atoms with Crippen molar-refractivity contribution in [1.29, 1.82) is 0 Å². The molecular formula is C20H34IN3O2. The van der Waals surface area contributed by atoms with Crippen molar-refractivity contribution in [3.63, 3.8) is 0 Å². The molecule has 2 N–H and O–H groups in total. The SMILES string of the molecule is CN=C(NCCCOCC1CCOCC1)NCc1ccc(C)cc1C.I. The third kappa shape index (κ3) is 8.68. The van der Waals surface area contributed by atoms with Crippen molar-refractivity contribution >= 4 is 29.9 Å². The molecule has 0 spiro atoms. The minimum Gasteiger partial charge on any atom is -0.381 e. The highest BCUT2D eigenvalue weighted by Gasteiger charge is 2.13. The van der Waals surface area contributed by atoms with E-state index in [-0.39, 0.29) is 24.0 Å². The van der Waals surface area contributed by atoms with Crippen LogP contribution in [0.5, 0.6) is 0 Å². The first-order valence-corrected chi connectivity index (χ1v) is 9.35. The van der Waals surface area contributed by atoms with Crippen LogP contribution in [0.1, 0.15) is 36.0 Å². The average Bonchev–Trinajstić information content (AvgIpc) is 2.62. The fraction of sp³-hybridized carbons (Fsp3) is 0.650. The van der Waals surface area contributed by atoms with Crippen LogP contribution in [-0.4, -0.2) is 46.0 Å². The number of hydrogen-bond acceptors (Lipinski definition) is 3. The summed E-state index contributed by atoms with van der Waals surface area (Å²) in [5.74, 6) is 1.51. The van der Waals surface area contributed by atoms with Gasteiger partial charge >= 0.3 is 0 Å². The predicted molar refractivity (Wildman–Crippen MR) is 119 cm³/mol. The second-order valence-corrected chi connectivity index (χ2v) is 6.77. The topological polar surface area (TPSA) is 54.9 Å². The van der Waals surface area contributed by atoms with Crippen LogP contribution < -0.4 is 10.6 Å². The van der Waals surface area contributed by atoms with Gasteiger partial charge in [-0.25, -0.2) is 0 Å². The van der Waals surface area contributed by atoms with E-state index in [9.17, 15) is 0 Å². The van der Waals surface area contributed by atoms with Crippen LogP contribution in [0.2, 0.25) is 0 Å². The lowest BCUT2D eigenvalue weighted by Crippen LogP contribution is -2.37. The molecule has 5 nitrogen and oxygen atoms in total. The summed E-state index contributed by atoms with van der Waals surface area (Å²) in [5, 5.41) is 6.72. The van der Waals surface area contributed by atoms with Gasteiger partial charge in [0.2, 0.25) is 0 Å². The van der Waals surface area contributed by atoms with E-state index >= 15 is 0 Å². The Balaban J connectivity index is 0.00000338. The number of guanidine groups is 1. The third-order valence-electron chi connectivity index (χ3n) is 4.62. The number of halogens is 1. The van der Waals surface area contributed by atoms with E-state index in [2.05, 4.69) is 47.7 Å². The van der Waals surface area contributed by atoms with E-state index < -0.39 is 0 Å². The lowest BCUT2D eigenvalue weighted by molar-refractivity contribution is 0.0203. The van der Waals surface area contributed by atoms with E-state index in [0.29, 0.717) is 5.92 Å². The second-order valence-electron chi connectivity index (χ2n) is 6.77. The quantitative estimate of drug-likeness (QED) is 0.262.